The van der Waals surface area contributed by atoms with Crippen LogP contribution in [-0.4, -0.2) is 32.8 Å². The van der Waals surface area contributed by atoms with Crippen molar-refractivity contribution < 1.29 is 18.2 Å². The van der Waals surface area contributed by atoms with Crippen molar-refractivity contribution in [2.75, 3.05) is 14.2 Å². The van der Waals surface area contributed by atoms with Crippen LogP contribution in [-0.2, 0) is 30.7 Å². The molecule has 156 valence electrons. The van der Waals surface area contributed by atoms with Gasteiger partial charge in [0.15, 0.2) is 0 Å². The van der Waals surface area contributed by atoms with Crippen LogP contribution in [0.5, 0.6) is 11.5 Å². The third-order valence-electron chi connectivity index (χ3n) is 4.33. The van der Waals surface area contributed by atoms with Crippen LogP contribution >= 0.6 is 0 Å². The van der Waals surface area contributed by atoms with Crippen LogP contribution in [0.25, 0.3) is 0 Å². The van der Waals surface area contributed by atoms with Crippen LogP contribution in [0.2, 0.25) is 0 Å². The number of ether oxygens (including phenoxy) is 2. The Morgan fingerprint density at radius 2 is 1.41 bits per heavy atom. The van der Waals surface area contributed by atoms with Gasteiger partial charge in [-0.3, -0.25) is 14.0 Å². The number of nitrogens with two attached hydrogens (primary N) is 1. The second kappa shape index (κ2) is 11.4. The van der Waals surface area contributed by atoms with E-state index in [1.165, 1.54) is 16.7 Å². The molecular weight excluding hydrogens is 390 g/mol. The highest BCUT2D eigenvalue weighted by Crippen LogP contribution is 2.20. The van der Waals surface area contributed by atoms with Gasteiger partial charge in [0, 0.05) is 36.8 Å². The van der Waals surface area contributed by atoms with Gasteiger partial charge in [-0.2, -0.15) is 5.10 Å². The van der Waals surface area contributed by atoms with Gasteiger partial charge in [-0.25, -0.2) is 0 Å². The molecule has 0 spiro atoms. The zero-order valence-corrected chi connectivity index (χ0v) is 17.6. The van der Waals surface area contributed by atoms with Gasteiger partial charge in [0.25, 0.3) is 0 Å². The van der Waals surface area contributed by atoms with E-state index in [0.717, 1.165) is 36.6 Å². The molecular formula is C21H26N3O4S-. The smallest absolute Gasteiger partial charge is 0.118 e. The lowest BCUT2D eigenvalue weighted by molar-refractivity contribution is 0.414. The average Bonchev–Trinajstić information content (AvgIpc) is 3.10. The van der Waals surface area contributed by atoms with E-state index in [-0.39, 0.29) is 0 Å². The Bertz CT molecular complexity index is 838. The molecule has 0 radical (unpaired) electrons. The highest BCUT2D eigenvalue weighted by molar-refractivity contribution is 7.76. The maximum atomic E-state index is 8.78. The Kier molecular flexibility index (Phi) is 8.85. The molecule has 3 aromatic rings. The van der Waals surface area contributed by atoms with Crippen molar-refractivity contribution in [2.45, 2.75) is 26.3 Å². The normalized spacial score (nSPS) is 11.3. The summed E-state index contributed by atoms with van der Waals surface area (Å²) in [5.74, 6) is 1.76. The van der Waals surface area contributed by atoms with Crippen LogP contribution in [0.3, 0.4) is 0 Å². The molecule has 0 bridgehead atoms. The molecule has 1 aromatic heterocycles. The van der Waals surface area contributed by atoms with Gasteiger partial charge in [-0.1, -0.05) is 24.3 Å². The van der Waals surface area contributed by atoms with Crippen molar-refractivity contribution in [1.82, 2.24) is 9.78 Å². The molecule has 0 saturated heterocycles. The first-order valence-corrected chi connectivity index (χ1v) is 10.2. The van der Waals surface area contributed by atoms with Gasteiger partial charge in [-0.15, -0.1) is 0 Å². The van der Waals surface area contributed by atoms with Crippen molar-refractivity contribution in [2.24, 2.45) is 5.14 Å². The first-order valence-electron chi connectivity index (χ1n) is 9.09. The largest absolute Gasteiger partial charge is 0.760 e. The van der Waals surface area contributed by atoms with Crippen molar-refractivity contribution in [3.05, 3.63) is 77.1 Å². The second-order valence-corrected chi connectivity index (χ2v) is 6.79. The predicted molar refractivity (Wildman–Crippen MR) is 113 cm³/mol. The molecule has 2 N–H and O–H groups in total. The summed E-state index contributed by atoms with van der Waals surface area (Å²) in [5.41, 5.74) is 4.89. The van der Waals surface area contributed by atoms with Gasteiger partial charge < -0.3 is 14.0 Å². The minimum atomic E-state index is -2.36. The van der Waals surface area contributed by atoms with Crippen LogP contribution < -0.4 is 14.6 Å². The molecule has 0 fully saturated rings. The van der Waals surface area contributed by atoms with E-state index < -0.39 is 11.3 Å². The number of aromatic nitrogens is 2. The third-order valence-corrected chi connectivity index (χ3v) is 4.33. The Labute approximate surface area is 173 Å². The van der Waals surface area contributed by atoms with Crippen LogP contribution in [0.4, 0.5) is 0 Å². The molecule has 1 unspecified atom stereocenters. The van der Waals surface area contributed by atoms with Gasteiger partial charge in [0.2, 0.25) is 0 Å². The standard InChI is InChI=1S/C21H24N2O2.H3NO2S/c1-4-23-15-18(13-16-5-9-19(24-2)10-6-16)21(22-23)14-17-7-11-20(25-3)12-8-17;1-4(2)3/h5-12,15H,4,13-14H2,1-3H3;1H2,(H,2,3)/p-1. The van der Waals surface area contributed by atoms with E-state index in [9.17, 15) is 0 Å². The number of rotatable bonds is 7. The molecule has 29 heavy (non-hydrogen) atoms. The lowest BCUT2D eigenvalue weighted by Gasteiger charge is -2.06. The summed E-state index contributed by atoms with van der Waals surface area (Å²) >= 11 is -2.36. The molecule has 0 saturated carbocycles. The monoisotopic (exact) mass is 416 g/mol. The van der Waals surface area contributed by atoms with Crippen molar-refractivity contribution in [1.29, 1.82) is 0 Å². The highest BCUT2D eigenvalue weighted by atomic mass is 32.2. The van der Waals surface area contributed by atoms with Crippen molar-refractivity contribution >= 4 is 11.3 Å². The summed E-state index contributed by atoms with van der Waals surface area (Å²) in [6, 6.07) is 16.4. The fraction of sp³-hybridized carbons (Fsp3) is 0.286. The molecule has 1 heterocycles. The first kappa shape index (κ1) is 22.6. The minimum absolute atomic E-state index is 0.822. The number of aryl methyl sites for hydroxylation is 1. The van der Waals surface area contributed by atoms with Crippen LogP contribution in [0.1, 0.15) is 29.3 Å². The second-order valence-electron chi connectivity index (χ2n) is 6.27. The fourth-order valence-corrected chi connectivity index (χ4v) is 2.86. The molecule has 7 nitrogen and oxygen atoms in total. The summed E-state index contributed by atoms with van der Waals surface area (Å²) in [6.45, 7) is 2.99. The van der Waals surface area contributed by atoms with E-state index in [2.05, 4.69) is 42.5 Å². The van der Waals surface area contributed by atoms with E-state index in [0.29, 0.717) is 0 Å². The summed E-state index contributed by atoms with van der Waals surface area (Å²) in [5, 5.41) is 8.78. The van der Waals surface area contributed by atoms with E-state index in [1.807, 2.05) is 28.9 Å². The summed E-state index contributed by atoms with van der Waals surface area (Å²) < 4.78 is 30.0. The fourth-order valence-electron chi connectivity index (χ4n) is 2.86. The quantitative estimate of drug-likeness (QED) is 0.597. The molecule has 8 heteroatoms. The number of nitrogens with zero attached hydrogens (tertiary/aromatic N) is 2. The van der Waals surface area contributed by atoms with Gasteiger partial charge in [-0.05, 0) is 47.9 Å². The van der Waals surface area contributed by atoms with E-state index >= 15 is 0 Å². The Balaban J connectivity index is 0.000000687. The minimum Gasteiger partial charge on any atom is -0.760 e. The Morgan fingerprint density at radius 1 is 0.966 bits per heavy atom. The lowest BCUT2D eigenvalue weighted by atomic mass is 10.0. The highest BCUT2D eigenvalue weighted by Gasteiger charge is 2.11. The zero-order valence-electron chi connectivity index (χ0n) is 16.8. The molecule has 3 rings (SSSR count). The molecule has 0 aliphatic heterocycles. The summed E-state index contributed by atoms with van der Waals surface area (Å²) in [6.07, 6.45) is 3.85. The molecule has 2 aromatic carbocycles. The van der Waals surface area contributed by atoms with Crippen LogP contribution in [0, 0.1) is 0 Å². The number of methoxy groups -OCH3 is 2. The topological polar surface area (TPSA) is 102 Å². The average molecular weight is 417 g/mol. The number of benzene rings is 2. The maximum absolute atomic E-state index is 8.78. The number of hydrogen-bond acceptors (Lipinski definition) is 5. The Hall–Kier alpha value is -2.68. The van der Waals surface area contributed by atoms with Gasteiger partial charge in [0.1, 0.15) is 11.5 Å². The lowest BCUT2D eigenvalue weighted by Crippen LogP contribution is -1.98. The summed E-state index contributed by atoms with van der Waals surface area (Å²) in [4.78, 5) is 0. The van der Waals surface area contributed by atoms with Crippen molar-refractivity contribution in [3.8, 4) is 11.5 Å². The SMILES string of the molecule is CCn1cc(Cc2ccc(OC)cc2)c(Cc2ccc(OC)cc2)n1.NS(=O)[O-]. The zero-order chi connectivity index (χ0) is 21.2. The molecule has 0 aliphatic rings. The molecule has 0 aliphatic carbocycles. The first-order chi connectivity index (χ1) is 13.9. The maximum Gasteiger partial charge on any atom is 0.118 e. The van der Waals surface area contributed by atoms with E-state index in [4.69, 9.17) is 23.3 Å². The Morgan fingerprint density at radius 3 is 1.83 bits per heavy atom. The van der Waals surface area contributed by atoms with Crippen molar-refractivity contribution in [3.63, 3.8) is 0 Å². The third kappa shape index (κ3) is 7.34. The van der Waals surface area contributed by atoms with E-state index in [1.54, 1.807) is 14.2 Å². The van der Waals surface area contributed by atoms with Crippen LogP contribution in [0.15, 0.2) is 54.7 Å². The molecule has 1 atom stereocenters. The molecule has 0 amide bonds. The summed E-state index contributed by atoms with van der Waals surface area (Å²) in [7, 11) is 3.37. The number of hydrogen-bond donors (Lipinski definition) is 1. The predicted octanol–water partition coefficient (Wildman–Crippen LogP) is 2.84. The van der Waals surface area contributed by atoms with Gasteiger partial charge >= 0.3 is 0 Å². The van der Waals surface area contributed by atoms with Gasteiger partial charge in [0.05, 0.1) is 19.9 Å².